The molecular weight excluding hydrogens is 532 g/mol. The largest absolute Gasteiger partial charge is 0.381 e. The van der Waals surface area contributed by atoms with Gasteiger partial charge in [-0.05, 0) is 37.4 Å². The van der Waals surface area contributed by atoms with Crippen molar-refractivity contribution in [2.45, 2.75) is 32.9 Å². The first-order valence-electron chi connectivity index (χ1n) is 13.4. The molecule has 42 heavy (non-hydrogen) atoms. The summed E-state index contributed by atoms with van der Waals surface area (Å²) in [5.74, 6) is 5.98. The Balaban J connectivity index is 1.42. The smallest absolute Gasteiger partial charge is 0.259 e. The van der Waals surface area contributed by atoms with Gasteiger partial charge < -0.3 is 20.6 Å². The van der Waals surface area contributed by atoms with Crippen LogP contribution in [0.15, 0.2) is 66.2 Å². The van der Waals surface area contributed by atoms with Crippen molar-refractivity contribution in [2.24, 2.45) is 7.05 Å². The number of nitrogens with zero attached hydrogens (tertiary/aromatic N) is 7. The standard InChI is InChI=1S/C30H28N10O2/c1-18(36-29(41)26-27(31)37-40-12-5-11-33-28(26)40)24-14-21-7-4-6-20(8-9-22-15-35-38(3)19(22)2)25(21)30(42)39(24)13-10-23-16-32-17-34-23/h4-7,11-12,14-18H,10,13H2,1-3H3,(H2,31,37)(H,32,34)(H,36,41)/t18-/m1/s1. The van der Waals surface area contributed by atoms with Gasteiger partial charge in [-0.15, -0.1) is 5.10 Å². The van der Waals surface area contributed by atoms with E-state index in [4.69, 9.17) is 5.73 Å². The number of H-pyrrole nitrogens is 1. The number of rotatable bonds is 6. The summed E-state index contributed by atoms with van der Waals surface area (Å²) in [6.45, 7) is 4.12. The third kappa shape index (κ3) is 4.77. The fourth-order valence-corrected chi connectivity index (χ4v) is 4.99. The summed E-state index contributed by atoms with van der Waals surface area (Å²) in [5.41, 5.74) is 10.2. The number of nitrogens with two attached hydrogens (primary N) is 1. The summed E-state index contributed by atoms with van der Waals surface area (Å²) in [6, 6.07) is 8.65. The number of aromatic nitrogens is 8. The second-order valence-corrected chi connectivity index (χ2v) is 9.97. The maximum Gasteiger partial charge on any atom is 0.259 e. The van der Waals surface area contributed by atoms with Crippen molar-refractivity contribution in [1.82, 2.24) is 44.2 Å². The Morgan fingerprint density at radius 1 is 1.19 bits per heavy atom. The molecule has 0 saturated carbocycles. The van der Waals surface area contributed by atoms with Crippen molar-refractivity contribution >= 4 is 28.1 Å². The van der Waals surface area contributed by atoms with Gasteiger partial charge in [-0.1, -0.05) is 24.0 Å². The molecule has 1 atom stereocenters. The van der Waals surface area contributed by atoms with Crippen molar-refractivity contribution in [3.05, 3.63) is 106 Å². The van der Waals surface area contributed by atoms with Crippen LogP contribution in [0.25, 0.3) is 16.4 Å². The second kappa shape index (κ2) is 10.7. The van der Waals surface area contributed by atoms with E-state index >= 15 is 0 Å². The zero-order valence-electron chi connectivity index (χ0n) is 23.3. The first-order chi connectivity index (χ1) is 20.3. The number of anilines is 1. The molecule has 0 radical (unpaired) electrons. The Labute approximate surface area is 240 Å². The van der Waals surface area contributed by atoms with Crippen LogP contribution in [0.2, 0.25) is 0 Å². The topological polar surface area (TPSA) is 154 Å². The van der Waals surface area contributed by atoms with Crippen LogP contribution in [-0.4, -0.2) is 44.8 Å². The average molecular weight is 561 g/mol. The minimum absolute atomic E-state index is 0.0694. The van der Waals surface area contributed by atoms with E-state index in [0.29, 0.717) is 35.3 Å². The lowest BCUT2D eigenvalue weighted by Gasteiger charge is -2.21. The number of aromatic amines is 1. The monoisotopic (exact) mass is 560 g/mol. The summed E-state index contributed by atoms with van der Waals surface area (Å²) < 4.78 is 4.90. The molecule has 0 unspecified atom stereocenters. The number of benzene rings is 1. The number of imidazole rings is 1. The molecule has 0 fully saturated rings. The van der Waals surface area contributed by atoms with Gasteiger partial charge in [0.25, 0.3) is 11.5 Å². The Morgan fingerprint density at radius 3 is 2.79 bits per heavy atom. The minimum atomic E-state index is -0.556. The van der Waals surface area contributed by atoms with E-state index < -0.39 is 11.9 Å². The number of amides is 1. The molecule has 210 valence electrons. The van der Waals surface area contributed by atoms with Crippen molar-refractivity contribution in [2.75, 3.05) is 5.73 Å². The lowest BCUT2D eigenvalue weighted by Crippen LogP contribution is -2.33. The first kappa shape index (κ1) is 26.5. The molecule has 0 aliphatic rings. The molecule has 0 spiro atoms. The molecule has 6 rings (SSSR count). The predicted octanol–water partition coefficient (Wildman–Crippen LogP) is 2.52. The van der Waals surface area contributed by atoms with E-state index in [1.165, 1.54) is 4.52 Å². The number of carbonyl (C=O) groups excluding carboxylic acids is 1. The van der Waals surface area contributed by atoms with Gasteiger partial charge in [-0.25, -0.2) is 14.5 Å². The minimum Gasteiger partial charge on any atom is -0.381 e. The molecule has 0 aliphatic heterocycles. The Bertz CT molecular complexity index is 2070. The highest BCUT2D eigenvalue weighted by Gasteiger charge is 2.23. The lowest BCUT2D eigenvalue weighted by atomic mass is 10.0. The first-order valence-corrected chi connectivity index (χ1v) is 13.4. The van der Waals surface area contributed by atoms with Crippen LogP contribution >= 0.6 is 0 Å². The molecule has 6 aromatic rings. The van der Waals surface area contributed by atoms with Crippen LogP contribution in [0.4, 0.5) is 5.82 Å². The number of pyridine rings is 1. The summed E-state index contributed by atoms with van der Waals surface area (Å²) in [6.07, 6.45) is 8.87. The molecule has 5 aromatic heterocycles. The molecule has 1 amide bonds. The van der Waals surface area contributed by atoms with Crippen molar-refractivity contribution in [3.8, 4) is 11.8 Å². The fraction of sp³-hybridized carbons (Fsp3) is 0.200. The molecule has 12 heteroatoms. The Kier molecular flexibility index (Phi) is 6.76. The highest BCUT2D eigenvalue weighted by atomic mass is 16.2. The van der Waals surface area contributed by atoms with Crippen LogP contribution in [0.5, 0.6) is 0 Å². The molecule has 1 aromatic carbocycles. The number of carbonyl (C=O) groups is 1. The van der Waals surface area contributed by atoms with E-state index in [1.807, 2.05) is 45.2 Å². The Morgan fingerprint density at radius 2 is 2.02 bits per heavy atom. The highest BCUT2D eigenvalue weighted by Crippen LogP contribution is 2.23. The maximum atomic E-state index is 14.2. The number of aryl methyl sites for hydroxylation is 2. The van der Waals surface area contributed by atoms with Gasteiger partial charge in [0.2, 0.25) is 0 Å². The average Bonchev–Trinajstić information content (AvgIpc) is 3.70. The van der Waals surface area contributed by atoms with Crippen molar-refractivity contribution in [1.29, 1.82) is 0 Å². The molecule has 4 N–H and O–H groups in total. The second-order valence-electron chi connectivity index (χ2n) is 9.97. The molecular formula is C30H28N10O2. The quantitative estimate of drug-likeness (QED) is 0.265. The number of fused-ring (bicyclic) bond motifs is 2. The Hall–Kier alpha value is -5.70. The van der Waals surface area contributed by atoms with Crippen molar-refractivity contribution in [3.63, 3.8) is 0 Å². The van der Waals surface area contributed by atoms with Gasteiger partial charge in [-0.2, -0.15) is 5.10 Å². The third-order valence-electron chi connectivity index (χ3n) is 7.32. The SMILES string of the molecule is Cc1c(C#Cc2cccc3cc([C@@H](C)NC(=O)c4c(N)nn5cccnc45)n(CCc4c[nH]cn4)c(=O)c23)cnn1C. The zero-order chi connectivity index (χ0) is 29.4. The van der Waals surface area contributed by atoms with E-state index in [-0.39, 0.29) is 16.9 Å². The summed E-state index contributed by atoms with van der Waals surface area (Å²) in [7, 11) is 1.86. The van der Waals surface area contributed by atoms with Crippen LogP contribution in [0.1, 0.15) is 51.5 Å². The van der Waals surface area contributed by atoms with Crippen LogP contribution in [0.3, 0.4) is 0 Å². The molecule has 5 heterocycles. The van der Waals surface area contributed by atoms with E-state index in [1.54, 1.807) is 46.4 Å². The summed E-state index contributed by atoms with van der Waals surface area (Å²) in [4.78, 5) is 39.1. The summed E-state index contributed by atoms with van der Waals surface area (Å²) >= 11 is 0. The highest BCUT2D eigenvalue weighted by molar-refractivity contribution is 6.04. The van der Waals surface area contributed by atoms with E-state index in [9.17, 15) is 9.59 Å². The van der Waals surface area contributed by atoms with Gasteiger partial charge >= 0.3 is 0 Å². The molecule has 0 aliphatic carbocycles. The fourth-order valence-electron chi connectivity index (χ4n) is 4.99. The van der Waals surface area contributed by atoms with Gasteiger partial charge in [-0.3, -0.25) is 14.3 Å². The normalized spacial score (nSPS) is 11.9. The van der Waals surface area contributed by atoms with Gasteiger partial charge in [0.15, 0.2) is 11.5 Å². The van der Waals surface area contributed by atoms with Crippen LogP contribution < -0.4 is 16.6 Å². The predicted molar refractivity (Wildman–Crippen MR) is 158 cm³/mol. The number of nitrogen functional groups attached to an aromatic ring is 1. The van der Waals surface area contributed by atoms with Crippen molar-refractivity contribution < 1.29 is 4.79 Å². The molecule has 0 saturated heterocycles. The van der Waals surface area contributed by atoms with Crippen LogP contribution in [-0.2, 0) is 20.0 Å². The van der Waals surface area contributed by atoms with Gasteiger partial charge in [0.1, 0.15) is 5.56 Å². The molecule has 12 nitrogen and oxygen atoms in total. The van der Waals surface area contributed by atoms with E-state index in [0.717, 1.165) is 22.3 Å². The maximum absolute atomic E-state index is 14.2. The molecule has 0 bridgehead atoms. The number of nitrogens with one attached hydrogen (secondary N) is 2. The third-order valence-corrected chi connectivity index (χ3v) is 7.32. The number of hydrogen-bond acceptors (Lipinski definition) is 7. The lowest BCUT2D eigenvalue weighted by molar-refractivity contribution is 0.0940. The zero-order valence-corrected chi connectivity index (χ0v) is 23.3. The van der Waals surface area contributed by atoms with E-state index in [2.05, 4.69) is 42.3 Å². The number of hydrogen-bond donors (Lipinski definition) is 3. The van der Waals surface area contributed by atoms with Crippen LogP contribution in [0, 0.1) is 18.8 Å². The summed E-state index contributed by atoms with van der Waals surface area (Å²) in [5, 5.41) is 12.7. The van der Waals surface area contributed by atoms with Gasteiger partial charge in [0, 0.05) is 49.9 Å². The van der Waals surface area contributed by atoms with Gasteiger partial charge in [0.05, 0.1) is 40.9 Å².